The Morgan fingerprint density at radius 1 is 1.24 bits per heavy atom. The van der Waals surface area contributed by atoms with E-state index in [1.54, 1.807) is 0 Å². The SMILES string of the molecule is CC(C)(C)OC(=[SiH2])[C@H]1O[C@@H](n2cnc3c(N)nc(N)nc32)[C@H](O)[C@@]1(O)C(C)(C)C. The highest BCUT2D eigenvalue weighted by atomic mass is 28.1. The van der Waals surface area contributed by atoms with Gasteiger partial charge in [-0.1, -0.05) is 20.8 Å². The smallest absolute Gasteiger partial charge is 0.224 e. The van der Waals surface area contributed by atoms with Gasteiger partial charge in [0, 0.05) is 9.85 Å². The maximum Gasteiger partial charge on any atom is 0.224 e. The van der Waals surface area contributed by atoms with Gasteiger partial charge in [-0.25, -0.2) is 4.98 Å². The Balaban J connectivity index is 2.10. The van der Waals surface area contributed by atoms with Gasteiger partial charge in [0.2, 0.25) is 5.95 Å². The molecule has 1 aliphatic heterocycles. The molecule has 4 atom stereocenters. The molecule has 11 heteroatoms. The van der Waals surface area contributed by atoms with Crippen molar-refractivity contribution in [1.82, 2.24) is 19.5 Å². The summed E-state index contributed by atoms with van der Waals surface area (Å²) in [5.41, 5.74) is 9.42. The average Bonchev–Trinajstić information content (AvgIpc) is 3.06. The van der Waals surface area contributed by atoms with Crippen LogP contribution in [0.15, 0.2) is 6.33 Å². The van der Waals surface area contributed by atoms with Gasteiger partial charge in [0.1, 0.15) is 23.3 Å². The second-order valence-electron chi connectivity index (χ2n) is 9.40. The molecule has 29 heavy (non-hydrogen) atoms. The van der Waals surface area contributed by atoms with Gasteiger partial charge in [-0.3, -0.25) is 4.57 Å². The minimum absolute atomic E-state index is 0.0211. The Morgan fingerprint density at radius 2 is 1.86 bits per heavy atom. The van der Waals surface area contributed by atoms with Crippen molar-refractivity contribution in [3.05, 3.63) is 6.33 Å². The number of rotatable bonds is 3. The topological polar surface area (TPSA) is 155 Å². The van der Waals surface area contributed by atoms with E-state index in [0.29, 0.717) is 16.5 Å². The van der Waals surface area contributed by atoms with E-state index in [4.69, 9.17) is 20.9 Å². The van der Waals surface area contributed by atoms with Gasteiger partial charge in [0.15, 0.2) is 17.7 Å². The van der Waals surface area contributed by atoms with E-state index in [1.807, 2.05) is 41.5 Å². The van der Waals surface area contributed by atoms with E-state index in [-0.39, 0.29) is 11.8 Å². The Bertz CT molecular complexity index is 950. The van der Waals surface area contributed by atoms with Gasteiger partial charge >= 0.3 is 0 Å². The number of aromatic nitrogens is 4. The quantitative estimate of drug-likeness (QED) is 0.484. The zero-order chi connectivity index (χ0) is 21.9. The lowest BCUT2D eigenvalue weighted by Crippen LogP contribution is -2.60. The molecule has 0 aliphatic carbocycles. The molecule has 0 bridgehead atoms. The van der Waals surface area contributed by atoms with Crippen LogP contribution in [0.4, 0.5) is 11.8 Å². The molecule has 1 fully saturated rings. The van der Waals surface area contributed by atoms with Gasteiger partial charge in [0.05, 0.1) is 17.3 Å². The number of nitrogen functional groups attached to an aromatic ring is 2. The molecule has 0 spiro atoms. The lowest BCUT2D eigenvalue weighted by molar-refractivity contribution is -0.136. The summed E-state index contributed by atoms with van der Waals surface area (Å²) in [6.45, 7) is 11.2. The van der Waals surface area contributed by atoms with E-state index in [1.165, 1.54) is 20.7 Å². The molecule has 0 aromatic carbocycles. The van der Waals surface area contributed by atoms with Crippen molar-refractivity contribution >= 4 is 38.1 Å². The predicted octanol–water partition coefficient (Wildman–Crippen LogP) is -0.396. The van der Waals surface area contributed by atoms with Crippen molar-refractivity contribution < 1.29 is 19.7 Å². The number of aliphatic hydroxyl groups is 2. The molecule has 0 radical (unpaired) electrons. The first kappa shape index (κ1) is 21.6. The minimum Gasteiger partial charge on any atom is -0.496 e. The Kier molecular flexibility index (Phi) is 5.01. The highest BCUT2D eigenvalue weighted by Crippen LogP contribution is 2.48. The molecule has 160 valence electrons. The lowest BCUT2D eigenvalue weighted by atomic mass is 9.70. The van der Waals surface area contributed by atoms with Crippen LogP contribution >= 0.6 is 0 Å². The fourth-order valence-corrected chi connectivity index (χ4v) is 4.50. The van der Waals surface area contributed by atoms with E-state index >= 15 is 0 Å². The van der Waals surface area contributed by atoms with Crippen LogP contribution in [0.5, 0.6) is 0 Å². The summed E-state index contributed by atoms with van der Waals surface area (Å²) >= 11 is 0. The van der Waals surface area contributed by atoms with Crippen LogP contribution in [0, 0.1) is 5.41 Å². The second-order valence-corrected chi connectivity index (χ2v) is 10.1. The highest BCUT2D eigenvalue weighted by molar-refractivity contribution is 6.36. The fourth-order valence-electron chi connectivity index (χ4n) is 3.65. The summed E-state index contributed by atoms with van der Waals surface area (Å²) in [7, 11) is 1.50. The first-order chi connectivity index (χ1) is 13.2. The van der Waals surface area contributed by atoms with Crippen molar-refractivity contribution in [2.24, 2.45) is 5.41 Å². The fraction of sp³-hybridized carbons (Fsp3) is 0.667. The molecule has 0 saturated carbocycles. The number of imidazole rings is 1. The molecule has 6 N–H and O–H groups in total. The number of anilines is 2. The summed E-state index contributed by atoms with van der Waals surface area (Å²) in [4.78, 5) is 12.3. The first-order valence-electron chi connectivity index (χ1n) is 9.36. The van der Waals surface area contributed by atoms with Crippen molar-refractivity contribution in [3.8, 4) is 0 Å². The molecule has 1 saturated heterocycles. The molecule has 3 heterocycles. The van der Waals surface area contributed by atoms with Crippen LogP contribution in [0.1, 0.15) is 47.8 Å². The third-order valence-corrected chi connectivity index (χ3v) is 5.58. The van der Waals surface area contributed by atoms with Crippen LogP contribution in [-0.2, 0) is 9.47 Å². The number of nitrogens with zero attached hydrogens (tertiary/aromatic N) is 4. The zero-order valence-corrected chi connectivity index (χ0v) is 19.1. The summed E-state index contributed by atoms with van der Waals surface area (Å²) in [5, 5.41) is 23.4. The summed E-state index contributed by atoms with van der Waals surface area (Å²) < 4.78 is 13.7. The number of nitrogens with two attached hydrogens (primary N) is 2. The molecule has 2 aromatic heterocycles. The van der Waals surface area contributed by atoms with Crippen molar-refractivity contribution in [3.63, 3.8) is 0 Å². The Hall–Kier alpha value is -2.08. The van der Waals surface area contributed by atoms with Gasteiger partial charge in [-0.05, 0) is 26.2 Å². The normalized spacial score (nSPS) is 28.1. The van der Waals surface area contributed by atoms with Crippen LogP contribution in [0.2, 0.25) is 0 Å². The van der Waals surface area contributed by atoms with E-state index in [0.717, 1.165) is 0 Å². The third-order valence-electron chi connectivity index (χ3n) is 5.07. The van der Waals surface area contributed by atoms with Crippen LogP contribution < -0.4 is 11.5 Å². The predicted molar refractivity (Wildman–Crippen MR) is 113 cm³/mol. The zero-order valence-electron chi connectivity index (χ0n) is 17.7. The summed E-state index contributed by atoms with van der Waals surface area (Å²) in [5.74, 6) is 0.105. The van der Waals surface area contributed by atoms with Crippen LogP contribution in [0.3, 0.4) is 0 Å². The Labute approximate surface area is 172 Å². The summed E-state index contributed by atoms with van der Waals surface area (Å²) in [6.07, 6.45) is -1.72. The molecule has 2 aromatic rings. The highest BCUT2D eigenvalue weighted by Gasteiger charge is 2.63. The van der Waals surface area contributed by atoms with Gasteiger partial charge in [-0.15, -0.1) is 0 Å². The maximum atomic E-state index is 11.7. The number of hydrogen-bond donors (Lipinski definition) is 4. The Morgan fingerprint density at radius 3 is 2.41 bits per heavy atom. The maximum absolute atomic E-state index is 11.7. The third kappa shape index (κ3) is 3.52. The van der Waals surface area contributed by atoms with Gasteiger partial charge < -0.3 is 31.2 Å². The molecule has 0 amide bonds. The molecule has 10 nitrogen and oxygen atoms in total. The summed E-state index contributed by atoms with van der Waals surface area (Å²) in [6, 6.07) is 0. The molecule has 1 aliphatic rings. The molecule has 0 unspecified atom stereocenters. The van der Waals surface area contributed by atoms with E-state index in [2.05, 4.69) is 15.0 Å². The van der Waals surface area contributed by atoms with Crippen molar-refractivity contribution in [2.45, 2.75) is 71.2 Å². The van der Waals surface area contributed by atoms with E-state index < -0.39 is 35.1 Å². The second kappa shape index (κ2) is 6.72. The molecular formula is C18H30N6O4Si. The first-order valence-corrected chi connectivity index (χ1v) is 10.1. The number of hydrogen-bond acceptors (Lipinski definition) is 9. The average molecular weight is 423 g/mol. The van der Waals surface area contributed by atoms with Gasteiger partial charge in [-0.2, -0.15) is 9.97 Å². The lowest BCUT2D eigenvalue weighted by Gasteiger charge is -2.43. The molecule has 3 rings (SSSR count). The molecular weight excluding hydrogens is 392 g/mol. The van der Waals surface area contributed by atoms with Crippen LogP contribution in [-0.4, -0.2) is 68.4 Å². The van der Waals surface area contributed by atoms with Crippen molar-refractivity contribution in [1.29, 1.82) is 0 Å². The van der Waals surface area contributed by atoms with Crippen molar-refractivity contribution in [2.75, 3.05) is 11.5 Å². The van der Waals surface area contributed by atoms with Crippen LogP contribution in [0.25, 0.3) is 11.2 Å². The minimum atomic E-state index is -1.64. The number of ether oxygens (including phenoxy) is 2. The van der Waals surface area contributed by atoms with E-state index in [9.17, 15) is 10.2 Å². The monoisotopic (exact) mass is 422 g/mol. The number of aliphatic hydroxyl groups excluding tert-OH is 1. The largest absolute Gasteiger partial charge is 0.496 e. The van der Waals surface area contributed by atoms with Gasteiger partial charge in [0.25, 0.3) is 0 Å². The standard InChI is InChI=1S/C18H30N6O4Si/c1-16(2,3)18(26)9(25)13(27-10(18)14(29)28-17(4,5)6)24-7-21-8-11(19)22-15(20)23-12(8)24/h7,9-10,13,25-26H,29H2,1-6H3,(H4,19,20,22,23)/t9-,10+,13+,18-/m0/s1. The number of fused-ring (bicyclic) bond motifs is 1.